The molecule has 1 saturated heterocycles. The molecule has 5 nitrogen and oxygen atoms in total. The molecule has 3 fully saturated rings. The first-order chi connectivity index (χ1) is 14.5. The highest BCUT2D eigenvalue weighted by atomic mass is 16.5. The summed E-state index contributed by atoms with van der Waals surface area (Å²) >= 11 is 0. The van der Waals surface area contributed by atoms with Crippen LogP contribution in [0.3, 0.4) is 0 Å². The van der Waals surface area contributed by atoms with Gasteiger partial charge in [-0.3, -0.25) is 9.59 Å². The monoisotopic (exact) mass is 400 g/mol. The maximum Gasteiger partial charge on any atom is 0.254 e. The summed E-state index contributed by atoms with van der Waals surface area (Å²) in [6, 6.07) is 11.9. The number of imide groups is 1. The van der Waals surface area contributed by atoms with Crippen LogP contribution in [0.4, 0.5) is 0 Å². The van der Waals surface area contributed by atoms with E-state index < -0.39 is 0 Å². The fraction of sp³-hybridized carbons (Fsp3) is 0.400. The van der Waals surface area contributed by atoms with Crippen molar-refractivity contribution >= 4 is 28.8 Å². The van der Waals surface area contributed by atoms with Gasteiger partial charge in [-0.1, -0.05) is 42.5 Å². The Morgan fingerprint density at radius 1 is 1.00 bits per heavy atom. The lowest BCUT2D eigenvalue weighted by molar-refractivity contribution is -0.140. The predicted molar refractivity (Wildman–Crippen MR) is 114 cm³/mol. The van der Waals surface area contributed by atoms with Gasteiger partial charge in [0.25, 0.3) is 11.8 Å². The minimum atomic E-state index is -0.229. The molecule has 2 bridgehead atoms. The van der Waals surface area contributed by atoms with Crippen LogP contribution in [0, 0.1) is 35.5 Å². The molecule has 1 heterocycles. The van der Waals surface area contributed by atoms with Gasteiger partial charge in [-0.15, -0.1) is 0 Å². The number of amides is 2. The topological polar surface area (TPSA) is 59.0 Å². The minimum Gasteiger partial charge on any atom is -0.490 e. The average Bonchev–Trinajstić information content (AvgIpc) is 3.52. The van der Waals surface area contributed by atoms with Gasteiger partial charge in [0.2, 0.25) is 0 Å². The van der Waals surface area contributed by atoms with Gasteiger partial charge >= 0.3 is 0 Å². The molecule has 2 aromatic rings. The third-order valence-electron chi connectivity index (χ3n) is 7.24. The second-order valence-corrected chi connectivity index (χ2v) is 9.25. The van der Waals surface area contributed by atoms with Crippen molar-refractivity contribution in [2.75, 3.05) is 0 Å². The van der Waals surface area contributed by atoms with E-state index in [-0.39, 0.29) is 41.6 Å². The van der Waals surface area contributed by atoms with Gasteiger partial charge in [-0.25, -0.2) is 0 Å². The van der Waals surface area contributed by atoms with Crippen LogP contribution in [-0.4, -0.2) is 29.1 Å². The Morgan fingerprint density at radius 3 is 2.33 bits per heavy atom. The summed E-state index contributed by atoms with van der Waals surface area (Å²) < 4.78 is 5.99. The van der Waals surface area contributed by atoms with Gasteiger partial charge in [-0.2, -0.15) is 10.1 Å². The molecule has 0 N–H and O–H groups in total. The molecule has 5 aliphatic rings. The summed E-state index contributed by atoms with van der Waals surface area (Å²) in [5.74, 6) is 1.55. The van der Waals surface area contributed by atoms with Crippen molar-refractivity contribution in [2.24, 2.45) is 40.6 Å². The molecule has 2 saturated carbocycles. The number of nitrogens with zero attached hydrogens (tertiary/aromatic N) is 2. The van der Waals surface area contributed by atoms with E-state index in [9.17, 15) is 9.59 Å². The van der Waals surface area contributed by atoms with Crippen LogP contribution < -0.4 is 4.74 Å². The SMILES string of the molecule is CC(C)Oc1ccc2ccccc2c1/C=N\N1C(=O)[C@H]2[C@@H]3C=C[C@H]([C@@H]4C[C@H]34)[C@@H]2C1=O. The number of benzene rings is 2. The third-order valence-corrected chi connectivity index (χ3v) is 7.24. The summed E-state index contributed by atoms with van der Waals surface area (Å²) in [5, 5.41) is 7.61. The second-order valence-electron chi connectivity index (χ2n) is 9.25. The number of rotatable bonds is 4. The van der Waals surface area contributed by atoms with Crippen LogP contribution in [0.5, 0.6) is 5.75 Å². The molecule has 1 aliphatic heterocycles. The maximum absolute atomic E-state index is 13.2. The van der Waals surface area contributed by atoms with Crippen LogP contribution in [-0.2, 0) is 9.59 Å². The van der Waals surface area contributed by atoms with E-state index in [1.54, 1.807) is 6.21 Å². The van der Waals surface area contributed by atoms with Gasteiger partial charge in [-0.05, 0) is 60.8 Å². The van der Waals surface area contributed by atoms with Gasteiger partial charge in [0.15, 0.2) is 0 Å². The Bertz CT molecular complexity index is 1100. The molecule has 0 unspecified atom stereocenters. The van der Waals surface area contributed by atoms with Crippen molar-refractivity contribution in [3.8, 4) is 5.75 Å². The molecule has 0 radical (unpaired) electrons. The lowest BCUT2D eigenvalue weighted by atomic mass is 9.63. The van der Waals surface area contributed by atoms with Crippen molar-refractivity contribution < 1.29 is 14.3 Å². The number of carbonyl (C=O) groups is 2. The van der Waals surface area contributed by atoms with Crippen molar-refractivity contribution in [1.82, 2.24) is 5.01 Å². The van der Waals surface area contributed by atoms with Gasteiger partial charge < -0.3 is 4.74 Å². The van der Waals surface area contributed by atoms with Crippen molar-refractivity contribution in [1.29, 1.82) is 0 Å². The van der Waals surface area contributed by atoms with Crippen LogP contribution >= 0.6 is 0 Å². The van der Waals surface area contributed by atoms with Crippen LogP contribution in [0.2, 0.25) is 0 Å². The summed E-state index contributed by atoms with van der Waals surface area (Å²) in [7, 11) is 0. The van der Waals surface area contributed by atoms with E-state index >= 15 is 0 Å². The summed E-state index contributed by atoms with van der Waals surface area (Å²) in [6.45, 7) is 3.95. The van der Waals surface area contributed by atoms with Crippen molar-refractivity contribution in [2.45, 2.75) is 26.4 Å². The fourth-order valence-corrected chi connectivity index (χ4v) is 5.94. The Morgan fingerprint density at radius 2 is 1.67 bits per heavy atom. The van der Waals surface area contributed by atoms with Gasteiger partial charge in [0.1, 0.15) is 5.75 Å². The molecule has 5 heteroatoms. The number of ether oxygens (including phenoxy) is 1. The van der Waals surface area contributed by atoms with Gasteiger partial charge in [0, 0.05) is 5.56 Å². The second kappa shape index (κ2) is 6.27. The number of carbonyl (C=O) groups excluding carboxylic acids is 2. The van der Waals surface area contributed by atoms with Crippen molar-refractivity contribution in [3.63, 3.8) is 0 Å². The molecule has 7 rings (SSSR count). The average molecular weight is 400 g/mol. The van der Waals surface area contributed by atoms with Crippen LogP contribution in [0.25, 0.3) is 10.8 Å². The third kappa shape index (κ3) is 2.44. The van der Waals surface area contributed by atoms with E-state index in [1.807, 2.05) is 50.2 Å². The van der Waals surface area contributed by atoms with Gasteiger partial charge in [0.05, 0.1) is 24.2 Å². The lowest BCUT2D eigenvalue weighted by Crippen LogP contribution is -2.40. The molecular formula is C25H24N2O3. The molecule has 2 aromatic carbocycles. The Labute approximate surface area is 175 Å². The zero-order valence-electron chi connectivity index (χ0n) is 17.1. The molecule has 6 atom stereocenters. The largest absolute Gasteiger partial charge is 0.490 e. The normalized spacial score (nSPS) is 33.6. The zero-order valence-corrected chi connectivity index (χ0v) is 17.1. The zero-order chi connectivity index (χ0) is 20.6. The molecular weight excluding hydrogens is 376 g/mol. The maximum atomic E-state index is 13.2. The smallest absolute Gasteiger partial charge is 0.254 e. The molecule has 152 valence electrons. The number of fused-ring (bicyclic) bond motifs is 1. The van der Waals surface area contributed by atoms with Crippen molar-refractivity contribution in [3.05, 3.63) is 54.1 Å². The highest BCUT2D eigenvalue weighted by Gasteiger charge is 2.67. The van der Waals surface area contributed by atoms with E-state index in [1.165, 1.54) is 0 Å². The number of hydrazone groups is 1. The first kappa shape index (κ1) is 17.9. The van der Waals surface area contributed by atoms with E-state index in [2.05, 4.69) is 17.3 Å². The highest BCUT2D eigenvalue weighted by Crippen LogP contribution is 2.65. The standard InChI is InChI=1S/C25H24N2O3/c1-13(2)30-21-10-7-14-5-3-4-6-15(14)20(21)12-26-27-24(28)22-16-8-9-17(19-11-18(16)19)23(22)25(27)29/h3-10,12-13,16-19,22-23H,11H2,1-2H3/b26-12-/t16-,17-,18-,19+,22+,23+/m1/s1. The van der Waals surface area contributed by atoms with E-state index in [4.69, 9.17) is 4.74 Å². The van der Waals surface area contributed by atoms with E-state index in [0.29, 0.717) is 17.6 Å². The number of hydrogen-bond acceptors (Lipinski definition) is 4. The quantitative estimate of drug-likeness (QED) is 0.443. The molecule has 4 aliphatic carbocycles. The first-order valence-corrected chi connectivity index (χ1v) is 10.8. The molecule has 30 heavy (non-hydrogen) atoms. The van der Waals surface area contributed by atoms with E-state index in [0.717, 1.165) is 27.8 Å². The first-order valence-electron chi connectivity index (χ1n) is 10.8. The fourth-order valence-electron chi connectivity index (χ4n) is 5.94. The molecule has 0 aromatic heterocycles. The molecule has 2 amide bonds. The molecule has 0 spiro atoms. The van der Waals surface area contributed by atoms with Crippen LogP contribution in [0.15, 0.2) is 53.7 Å². The van der Waals surface area contributed by atoms with Crippen LogP contribution in [0.1, 0.15) is 25.8 Å². The lowest BCUT2D eigenvalue weighted by Gasteiger charge is -2.37. The number of hydrogen-bond donors (Lipinski definition) is 0. The number of allylic oxidation sites excluding steroid dienone is 2. The summed E-state index contributed by atoms with van der Waals surface area (Å²) in [4.78, 5) is 26.4. The minimum absolute atomic E-state index is 0.00431. The summed E-state index contributed by atoms with van der Waals surface area (Å²) in [6.07, 6.45) is 7.15. The highest BCUT2D eigenvalue weighted by molar-refractivity contribution is 6.08. The Hall–Kier alpha value is -2.95. The Balaban J connectivity index is 1.38. The predicted octanol–water partition coefficient (Wildman–Crippen LogP) is 4.01. The summed E-state index contributed by atoms with van der Waals surface area (Å²) in [5.41, 5.74) is 0.793. The Kier molecular flexibility index (Phi) is 3.74.